The lowest BCUT2D eigenvalue weighted by molar-refractivity contribution is -0.153. The van der Waals surface area contributed by atoms with E-state index in [0.717, 1.165) is 44.9 Å². The first-order valence-electron chi connectivity index (χ1n) is 10.4. The molecule has 1 heterocycles. The van der Waals surface area contributed by atoms with Gasteiger partial charge in [-0.05, 0) is 43.6 Å². The first-order valence-corrected chi connectivity index (χ1v) is 10.4. The quantitative estimate of drug-likeness (QED) is 0.624. The maximum Gasteiger partial charge on any atom is 0.395 e. The van der Waals surface area contributed by atoms with E-state index < -0.39 is 17.6 Å². The molecule has 2 aromatic rings. The molecule has 4 rings (SSSR count). The summed E-state index contributed by atoms with van der Waals surface area (Å²) in [7, 11) is 0. The molecule has 2 saturated carbocycles. The van der Waals surface area contributed by atoms with Crippen LogP contribution < -0.4 is 0 Å². The second-order valence-electron chi connectivity index (χ2n) is 8.48. The molecular weight excluding hydrogens is 377 g/mol. The Bertz CT molecular complexity index is 858. The molecule has 0 unspecified atom stereocenters. The molecule has 0 saturated heterocycles. The van der Waals surface area contributed by atoms with Gasteiger partial charge in [-0.1, -0.05) is 54.8 Å². The van der Waals surface area contributed by atoms with Crippen LogP contribution in [0.2, 0.25) is 0 Å². The van der Waals surface area contributed by atoms with E-state index in [-0.39, 0.29) is 18.3 Å². The van der Waals surface area contributed by atoms with Gasteiger partial charge < -0.3 is 0 Å². The predicted octanol–water partition coefficient (Wildman–Crippen LogP) is 5.69. The Kier molecular flexibility index (Phi) is 5.37. The molecule has 4 nitrogen and oxygen atoms in total. The summed E-state index contributed by atoms with van der Waals surface area (Å²) in [6.07, 6.45) is 3.86. The van der Waals surface area contributed by atoms with E-state index in [9.17, 15) is 18.4 Å². The van der Waals surface area contributed by atoms with Crippen LogP contribution in [0.5, 0.6) is 0 Å². The number of hydrogen-bond donors (Lipinski definition) is 0. The number of aromatic nitrogens is 3. The minimum atomic E-state index is -4.32. The monoisotopic (exact) mass is 402 g/mol. The van der Waals surface area contributed by atoms with Gasteiger partial charge in [-0.15, -0.1) is 5.10 Å². The largest absolute Gasteiger partial charge is 0.395 e. The summed E-state index contributed by atoms with van der Waals surface area (Å²) in [6.45, 7) is 0. The second-order valence-corrected chi connectivity index (χ2v) is 8.48. The van der Waals surface area contributed by atoms with Gasteiger partial charge in [-0.25, -0.2) is 4.68 Å². The van der Waals surface area contributed by atoms with Gasteiger partial charge in [0.05, 0.1) is 23.9 Å². The van der Waals surface area contributed by atoms with Crippen LogP contribution in [0.4, 0.5) is 13.2 Å². The van der Waals surface area contributed by atoms with Gasteiger partial charge >= 0.3 is 6.18 Å². The van der Waals surface area contributed by atoms with Gasteiger partial charge in [0, 0.05) is 5.92 Å². The van der Waals surface area contributed by atoms with E-state index in [1.54, 1.807) is 41.2 Å². The molecule has 2 aliphatic carbocycles. The minimum absolute atomic E-state index is 0.0313. The summed E-state index contributed by atoms with van der Waals surface area (Å²) in [5.74, 6) is -1.68. The van der Waals surface area contributed by atoms with Crippen LogP contribution in [-0.2, 0) is 5.54 Å². The highest BCUT2D eigenvalue weighted by molar-refractivity contribution is 5.23. The Morgan fingerprint density at radius 1 is 1.14 bits per heavy atom. The molecular formula is C22H25F3N4. The summed E-state index contributed by atoms with van der Waals surface area (Å²) in [5, 5.41) is 17.8. The normalized spacial score (nSPS) is 21.3. The number of alkyl halides is 3. The average molecular weight is 402 g/mol. The summed E-state index contributed by atoms with van der Waals surface area (Å²) in [6, 6.07) is 10.4. The standard InChI is InChI=1S/C22H25F3N4/c23-22(24,25)19(17-9-5-2-6-10-17)13-18(16-7-3-1-4-8-16)20-14-29(28-27-20)21(15-26)11-12-21/h2,5-6,9-10,14,16,18-19H,1,3-4,7-8,11-13H2/t18-,19-/m0/s1. The van der Waals surface area contributed by atoms with Gasteiger partial charge in [0.2, 0.25) is 0 Å². The fourth-order valence-electron chi connectivity index (χ4n) is 4.66. The van der Waals surface area contributed by atoms with E-state index in [1.165, 1.54) is 0 Å². The van der Waals surface area contributed by atoms with Crippen molar-refractivity contribution < 1.29 is 13.2 Å². The van der Waals surface area contributed by atoms with Crippen molar-refractivity contribution >= 4 is 0 Å². The molecule has 0 radical (unpaired) electrons. The molecule has 0 N–H and O–H groups in total. The summed E-state index contributed by atoms with van der Waals surface area (Å²) < 4.78 is 43.6. The number of rotatable bonds is 6. The van der Waals surface area contributed by atoms with Crippen molar-refractivity contribution in [2.75, 3.05) is 0 Å². The molecule has 2 aliphatic rings. The van der Waals surface area contributed by atoms with Crippen LogP contribution in [-0.4, -0.2) is 21.2 Å². The van der Waals surface area contributed by atoms with E-state index >= 15 is 0 Å². The lowest BCUT2D eigenvalue weighted by Crippen LogP contribution is -2.27. The molecule has 7 heteroatoms. The molecule has 1 aromatic heterocycles. The third-order valence-corrected chi connectivity index (χ3v) is 6.57. The highest BCUT2D eigenvalue weighted by Crippen LogP contribution is 2.47. The van der Waals surface area contributed by atoms with Crippen molar-refractivity contribution in [1.82, 2.24) is 15.0 Å². The minimum Gasteiger partial charge on any atom is -0.232 e. The van der Waals surface area contributed by atoms with Crippen molar-refractivity contribution in [3.63, 3.8) is 0 Å². The third kappa shape index (κ3) is 4.17. The highest BCUT2D eigenvalue weighted by Gasteiger charge is 2.48. The van der Waals surface area contributed by atoms with Gasteiger partial charge in [-0.2, -0.15) is 18.4 Å². The zero-order valence-electron chi connectivity index (χ0n) is 16.3. The zero-order chi connectivity index (χ0) is 20.5. The SMILES string of the molecule is N#CC1(n2cc([C@@H](C[C@@H](c3ccccc3)C(F)(F)F)C3CCCCC3)nn2)CC1. The van der Waals surface area contributed by atoms with E-state index in [0.29, 0.717) is 11.3 Å². The summed E-state index contributed by atoms with van der Waals surface area (Å²) in [4.78, 5) is 0. The average Bonchev–Trinajstić information content (AvgIpc) is 3.38. The highest BCUT2D eigenvalue weighted by atomic mass is 19.4. The van der Waals surface area contributed by atoms with Crippen LogP contribution in [0.25, 0.3) is 0 Å². The molecule has 1 aromatic carbocycles. The maximum atomic E-state index is 14.0. The molecule has 0 aliphatic heterocycles. The van der Waals surface area contributed by atoms with Crippen LogP contribution in [0, 0.1) is 17.2 Å². The third-order valence-electron chi connectivity index (χ3n) is 6.57. The Morgan fingerprint density at radius 3 is 2.41 bits per heavy atom. The molecule has 0 bridgehead atoms. The summed E-state index contributed by atoms with van der Waals surface area (Å²) >= 11 is 0. The fourth-order valence-corrected chi connectivity index (χ4v) is 4.66. The Balaban J connectivity index is 1.66. The Hall–Kier alpha value is -2.36. The van der Waals surface area contributed by atoms with Crippen molar-refractivity contribution in [3.05, 3.63) is 47.8 Å². The Morgan fingerprint density at radius 2 is 1.83 bits per heavy atom. The van der Waals surface area contributed by atoms with E-state index in [2.05, 4.69) is 16.4 Å². The van der Waals surface area contributed by atoms with Crippen LogP contribution in [0.15, 0.2) is 36.5 Å². The smallest absolute Gasteiger partial charge is 0.232 e. The number of halogens is 3. The molecule has 154 valence electrons. The van der Waals surface area contributed by atoms with Gasteiger partial charge in [0.15, 0.2) is 5.54 Å². The summed E-state index contributed by atoms with van der Waals surface area (Å²) in [5.41, 5.74) is 0.248. The first kappa shape index (κ1) is 19.9. The van der Waals surface area contributed by atoms with Crippen molar-refractivity contribution in [2.24, 2.45) is 5.92 Å². The molecule has 0 spiro atoms. The number of nitriles is 1. The van der Waals surface area contributed by atoms with Gasteiger partial charge in [0.25, 0.3) is 0 Å². The van der Waals surface area contributed by atoms with Crippen molar-refractivity contribution in [2.45, 2.75) is 74.9 Å². The van der Waals surface area contributed by atoms with Crippen molar-refractivity contribution in [3.8, 4) is 6.07 Å². The van der Waals surface area contributed by atoms with Gasteiger partial charge in [0.1, 0.15) is 0 Å². The molecule has 2 fully saturated rings. The van der Waals surface area contributed by atoms with Crippen LogP contribution >= 0.6 is 0 Å². The van der Waals surface area contributed by atoms with Crippen LogP contribution in [0.1, 0.15) is 74.5 Å². The Labute approximate surface area is 168 Å². The maximum absolute atomic E-state index is 14.0. The van der Waals surface area contributed by atoms with E-state index in [1.807, 2.05) is 0 Å². The molecule has 29 heavy (non-hydrogen) atoms. The molecule has 2 atom stereocenters. The number of nitrogens with zero attached hydrogens (tertiary/aromatic N) is 4. The lowest BCUT2D eigenvalue weighted by Gasteiger charge is -2.32. The lowest BCUT2D eigenvalue weighted by atomic mass is 9.74. The number of hydrogen-bond acceptors (Lipinski definition) is 3. The van der Waals surface area contributed by atoms with Crippen molar-refractivity contribution in [1.29, 1.82) is 5.26 Å². The zero-order valence-corrected chi connectivity index (χ0v) is 16.3. The fraction of sp³-hybridized carbons (Fsp3) is 0.591. The molecule has 0 amide bonds. The topological polar surface area (TPSA) is 54.5 Å². The first-order chi connectivity index (χ1) is 13.9. The van der Waals surface area contributed by atoms with E-state index in [4.69, 9.17) is 0 Å². The van der Waals surface area contributed by atoms with Gasteiger partial charge in [-0.3, -0.25) is 0 Å². The number of benzene rings is 1. The van der Waals surface area contributed by atoms with Crippen LogP contribution in [0.3, 0.4) is 0 Å². The second kappa shape index (κ2) is 7.81. The predicted molar refractivity (Wildman–Crippen MR) is 102 cm³/mol.